The summed E-state index contributed by atoms with van der Waals surface area (Å²) in [5, 5.41) is 14.0. The van der Waals surface area contributed by atoms with Gasteiger partial charge in [0.15, 0.2) is 5.78 Å². The lowest BCUT2D eigenvalue weighted by molar-refractivity contribution is -0.157. The number of amides is 1. The number of fused-ring (bicyclic) bond motifs is 2. The number of rotatable bonds is 15. The maximum Gasteiger partial charge on any atom is 0.310 e. The monoisotopic (exact) mass is 805 g/mol. The van der Waals surface area contributed by atoms with Crippen molar-refractivity contribution in [3.8, 4) is 22.9 Å². The molecule has 1 aliphatic heterocycles. The number of ether oxygens (including phenoxy) is 3. The minimum Gasteiger partial charge on any atom is -0.495 e. The number of likely N-dealkylation sites (tertiary alicyclic amines) is 1. The SMILES string of the molecule is C=CC1C[C@]1(CC(=O)[C@@H]1CC(Oc2cc(-c3csc(CC(C)C)n3)nc3c(Cl)c(OC)ccc23)CN1C(=O)[C@@H](CC(=O)OC1C[C@@H]2C[C@@H]2C1)C(C)(C)C)C(=O)O. The van der Waals surface area contributed by atoms with E-state index in [4.69, 9.17) is 35.8 Å². The van der Waals surface area contributed by atoms with Gasteiger partial charge in [-0.25, -0.2) is 9.97 Å². The Balaban J connectivity index is 1.20. The number of carboxylic acid groups (broad SMARTS) is 1. The average molecular weight is 806 g/mol. The normalized spacial score (nSPS) is 27.2. The van der Waals surface area contributed by atoms with Crippen molar-refractivity contribution in [2.75, 3.05) is 13.7 Å². The predicted octanol–water partition coefficient (Wildman–Crippen LogP) is 8.20. The van der Waals surface area contributed by atoms with Gasteiger partial charge in [-0.15, -0.1) is 17.9 Å². The highest BCUT2D eigenvalue weighted by Crippen LogP contribution is 2.57. The van der Waals surface area contributed by atoms with Gasteiger partial charge < -0.3 is 24.2 Å². The fourth-order valence-electron chi connectivity index (χ4n) is 8.79. The smallest absolute Gasteiger partial charge is 0.310 e. The zero-order valence-electron chi connectivity index (χ0n) is 33.0. The van der Waals surface area contributed by atoms with Crippen LogP contribution in [0.4, 0.5) is 0 Å². The van der Waals surface area contributed by atoms with Gasteiger partial charge in [-0.1, -0.05) is 52.3 Å². The van der Waals surface area contributed by atoms with E-state index in [1.165, 1.54) is 18.4 Å². The molecule has 0 bridgehead atoms. The summed E-state index contributed by atoms with van der Waals surface area (Å²) in [5.41, 5.74) is -0.237. The second kappa shape index (κ2) is 15.4. The highest BCUT2D eigenvalue weighted by atomic mass is 35.5. The molecule has 8 atom stereocenters. The van der Waals surface area contributed by atoms with Gasteiger partial charge >= 0.3 is 11.9 Å². The number of aliphatic carboxylic acids is 1. The second-order valence-corrected chi connectivity index (χ2v) is 19.1. The molecular weight excluding hydrogens is 754 g/mol. The number of carbonyl (C=O) groups excluding carboxylic acids is 3. The summed E-state index contributed by atoms with van der Waals surface area (Å²) < 4.78 is 18.2. The van der Waals surface area contributed by atoms with Crippen LogP contribution in [0.25, 0.3) is 22.3 Å². The topological polar surface area (TPSA) is 145 Å². The van der Waals surface area contributed by atoms with Crippen LogP contribution >= 0.6 is 22.9 Å². The average Bonchev–Trinajstić information content (AvgIpc) is 3.80. The molecule has 13 heteroatoms. The maximum absolute atomic E-state index is 14.7. The molecule has 4 aliphatic rings. The first-order valence-electron chi connectivity index (χ1n) is 19.7. The van der Waals surface area contributed by atoms with Crippen LogP contribution in [0.15, 0.2) is 36.2 Å². The van der Waals surface area contributed by atoms with Gasteiger partial charge in [0.2, 0.25) is 5.91 Å². The Kier molecular flexibility index (Phi) is 11.0. The van der Waals surface area contributed by atoms with Gasteiger partial charge in [-0.05, 0) is 66.9 Å². The summed E-state index contributed by atoms with van der Waals surface area (Å²) in [6, 6.07) is 4.38. The number of hydrogen-bond donors (Lipinski definition) is 1. The number of aromatic nitrogens is 2. The third kappa shape index (κ3) is 8.05. The van der Waals surface area contributed by atoms with Gasteiger partial charge in [0.1, 0.15) is 28.7 Å². The highest BCUT2D eigenvalue weighted by Gasteiger charge is 2.61. The minimum absolute atomic E-state index is 0.0477. The van der Waals surface area contributed by atoms with Gasteiger partial charge in [0, 0.05) is 36.1 Å². The number of carbonyl (C=O) groups is 4. The molecular formula is C43H52ClN3O8S. The maximum atomic E-state index is 14.7. The van der Waals surface area contributed by atoms with Crippen molar-refractivity contribution in [2.45, 2.75) is 104 Å². The third-order valence-corrected chi connectivity index (χ3v) is 13.5. The Morgan fingerprint density at radius 1 is 1.07 bits per heavy atom. The Bertz CT molecular complexity index is 2050. The van der Waals surface area contributed by atoms with Crippen LogP contribution in [0, 0.1) is 40.4 Å². The number of allylic oxidation sites excluding steroid dienone is 1. The minimum atomic E-state index is -1.25. The fourth-order valence-corrected chi connectivity index (χ4v) is 10.1. The van der Waals surface area contributed by atoms with E-state index in [1.807, 2.05) is 32.2 Å². The number of nitrogens with zero attached hydrogens (tertiary/aromatic N) is 3. The van der Waals surface area contributed by atoms with E-state index in [0.717, 1.165) is 24.3 Å². The standard InChI is InChI=1S/C43H52ClN3O8S/c1-8-25-18-43(25,41(51)52)19-33(48)32-15-27(20-47(32)40(50)29(42(4,5)6)16-37(49)55-26-13-23-12-24(23)14-26)54-35-17-30(31-21-56-36(45-31)11-22(2)3)46-39-28(35)9-10-34(53-7)38(39)44/h8-10,17,21-27,29,32H,1,11-16,18-20H2,2-7H3,(H,51,52)/t23-,24+,25?,26?,27?,29-,32+,43-/m1/s1. The van der Waals surface area contributed by atoms with E-state index in [9.17, 15) is 24.3 Å². The number of thiazole rings is 1. The van der Waals surface area contributed by atoms with E-state index < -0.39 is 40.8 Å². The Hall–Kier alpha value is -4.03. The van der Waals surface area contributed by atoms with E-state index in [1.54, 1.807) is 29.5 Å². The van der Waals surface area contributed by atoms with Gasteiger partial charge in [0.25, 0.3) is 0 Å². The molecule has 7 rings (SSSR count). The summed E-state index contributed by atoms with van der Waals surface area (Å²) in [6.07, 6.45) is 4.63. The van der Waals surface area contributed by atoms with Crippen molar-refractivity contribution in [1.82, 2.24) is 14.9 Å². The van der Waals surface area contributed by atoms with Crippen LogP contribution in [0.1, 0.15) is 84.6 Å². The quantitative estimate of drug-likeness (QED) is 0.118. The van der Waals surface area contributed by atoms with Crippen molar-refractivity contribution < 1.29 is 38.5 Å². The molecule has 11 nitrogen and oxygen atoms in total. The molecule has 1 amide bonds. The lowest BCUT2D eigenvalue weighted by Gasteiger charge is -2.35. The largest absolute Gasteiger partial charge is 0.495 e. The molecule has 4 fully saturated rings. The molecule has 0 radical (unpaired) electrons. The first-order chi connectivity index (χ1) is 26.5. The zero-order chi connectivity index (χ0) is 40.3. The molecule has 3 aromatic rings. The van der Waals surface area contributed by atoms with Gasteiger partial charge in [-0.2, -0.15) is 0 Å². The predicted molar refractivity (Wildman–Crippen MR) is 214 cm³/mol. The molecule has 0 spiro atoms. The lowest BCUT2D eigenvalue weighted by atomic mass is 9.77. The van der Waals surface area contributed by atoms with Gasteiger partial charge in [-0.3, -0.25) is 19.2 Å². The van der Waals surface area contributed by atoms with Crippen LogP contribution in [-0.2, 0) is 30.3 Å². The van der Waals surface area contributed by atoms with Crippen LogP contribution in [-0.4, -0.2) is 75.5 Å². The van der Waals surface area contributed by atoms with E-state index in [2.05, 4.69) is 20.4 Å². The van der Waals surface area contributed by atoms with Crippen molar-refractivity contribution >= 4 is 57.5 Å². The van der Waals surface area contributed by atoms with Crippen molar-refractivity contribution in [1.29, 1.82) is 0 Å². The van der Waals surface area contributed by atoms with Gasteiger partial charge in [0.05, 0.1) is 59.4 Å². The summed E-state index contributed by atoms with van der Waals surface area (Å²) in [4.78, 5) is 66.1. The van der Waals surface area contributed by atoms with Crippen molar-refractivity contribution in [3.05, 3.63) is 46.3 Å². The van der Waals surface area contributed by atoms with Crippen LogP contribution in [0.3, 0.4) is 0 Å². The molecule has 2 aromatic heterocycles. The van der Waals surface area contributed by atoms with E-state index >= 15 is 0 Å². The summed E-state index contributed by atoms with van der Waals surface area (Å²) >= 11 is 8.40. The van der Waals surface area contributed by atoms with Crippen molar-refractivity contribution in [2.24, 2.45) is 40.4 Å². The number of benzene rings is 1. The molecule has 1 N–H and O–H groups in total. The number of halogens is 1. The van der Waals surface area contributed by atoms with Crippen LogP contribution < -0.4 is 9.47 Å². The number of methoxy groups -OCH3 is 1. The summed E-state index contributed by atoms with van der Waals surface area (Å²) in [6.45, 7) is 13.8. The fraction of sp³-hybridized carbons (Fsp3) is 0.581. The molecule has 3 saturated carbocycles. The molecule has 3 heterocycles. The van der Waals surface area contributed by atoms with Crippen LogP contribution in [0.5, 0.6) is 11.5 Å². The molecule has 1 saturated heterocycles. The molecule has 1 aromatic carbocycles. The number of hydrogen-bond acceptors (Lipinski definition) is 10. The zero-order valence-corrected chi connectivity index (χ0v) is 34.6. The number of carboxylic acids is 1. The lowest BCUT2D eigenvalue weighted by Crippen LogP contribution is -2.48. The number of Topliss-reactive ketones (excluding diaryl/α,β-unsaturated/α-hetero) is 1. The first-order valence-corrected chi connectivity index (χ1v) is 20.9. The molecule has 3 unspecified atom stereocenters. The Labute approximate surface area is 337 Å². The molecule has 3 aliphatic carbocycles. The number of ketones is 1. The van der Waals surface area contributed by atoms with Crippen molar-refractivity contribution in [3.63, 3.8) is 0 Å². The summed E-state index contributed by atoms with van der Waals surface area (Å²) in [7, 11) is 1.53. The molecule has 56 heavy (non-hydrogen) atoms. The summed E-state index contributed by atoms with van der Waals surface area (Å²) in [5.74, 6) is -0.733. The Morgan fingerprint density at radius 3 is 2.43 bits per heavy atom. The molecule has 300 valence electrons. The number of esters is 1. The first kappa shape index (κ1) is 40.2. The number of pyridine rings is 1. The Morgan fingerprint density at radius 2 is 1.80 bits per heavy atom. The second-order valence-electron chi connectivity index (χ2n) is 17.8. The van der Waals surface area contributed by atoms with Crippen LogP contribution in [0.2, 0.25) is 5.02 Å². The van der Waals surface area contributed by atoms with E-state index in [0.29, 0.717) is 63.0 Å². The highest BCUT2D eigenvalue weighted by molar-refractivity contribution is 7.09. The van der Waals surface area contributed by atoms with E-state index in [-0.39, 0.29) is 49.5 Å². The third-order valence-electron chi connectivity index (χ3n) is 12.2.